The van der Waals surface area contributed by atoms with Crippen LogP contribution < -0.4 is 5.32 Å². The van der Waals surface area contributed by atoms with Crippen LogP contribution in [0.3, 0.4) is 0 Å². The Labute approximate surface area is 104 Å². The Kier molecular flexibility index (Phi) is 6.99. The van der Waals surface area contributed by atoms with E-state index in [2.05, 4.69) is 5.32 Å². The molecular formula is C10H17NO5S. The maximum atomic E-state index is 11.3. The molecule has 1 saturated heterocycles. The average molecular weight is 263 g/mol. The molecule has 1 aliphatic heterocycles. The molecule has 0 aromatic heterocycles. The molecule has 0 aromatic rings. The van der Waals surface area contributed by atoms with E-state index in [4.69, 9.17) is 14.6 Å². The summed E-state index contributed by atoms with van der Waals surface area (Å²) in [5, 5.41) is 11.0. The van der Waals surface area contributed by atoms with E-state index in [1.54, 1.807) is 0 Å². The Bertz CT molecular complexity index is 261. The lowest BCUT2D eigenvalue weighted by Gasteiger charge is -2.11. The summed E-state index contributed by atoms with van der Waals surface area (Å²) in [7, 11) is 0. The maximum absolute atomic E-state index is 11.3. The number of carbonyl (C=O) groups is 2. The van der Waals surface area contributed by atoms with Gasteiger partial charge >= 0.3 is 5.97 Å². The maximum Gasteiger partial charge on any atom is 0.319 e. The summed E-state index contributed by atoms with van der Waals surface area (Å²) >= 11 is 1.23. The first-order valence-electron chi connectivity index (χ1n) is 5.46. The van der Waals surface area contributed by atoms with Crippen LogP contribution in [0, 0.1) is 0 Å². The second kappa shape index (κ2) is 8.32. The van der Waals surface area contributed by atoms with E-state index in [1.807, 2.05) is 0 Å². The highest BCUT2D eigenvalue weighted by molar-refractivity contribution is 8.00. The molecule has 0 saturated carbocycles. The minimum Gasteiger partial charge on any atom is -0.480 e. The van der Waals surface area contributed by atoms with Crippen molar-refractivity contribution in [2.75, 3.05) is 38.7 Å². The molecule has 1 aliphatic rings. The normalized spacial score (nSPS) is 24.9. The summed E-state index contributed by atoms with van der Waals surface area (Å²) in [5.41, 5.74) is 0. The van der Waals surface area contributed by atoms with Gasteiger partial charge in [-0.2, -0.15) is 0 Å². The first-order chi connectivity index (χ1) is 8.20. The van der Waals surface area contributed by atoms with Gasteiger partial charge in [0.25, 0.3) is 0 Å². The van der Waals surface area contributed by atoms with Crippen molar-refractivity contribution in [2.45, 2.75) is 11.7 Å². The summed E-state index contributed by atoms with van der Waals surface area (Å²) in [4.78, 5) is 22.2. The molecular weight excluding hydrogens is 246 g/mol. The Hall–Kier alpha value is -0.790. The number of rotatable bonds is 1. The molecule has 1 unspecified atom stereocenters. The second-order valence-electron chi connectivity index (χ2n) is 3.48. The molecule has 0 bridgehead atoms. The van der Waals surface area contributed by atoms with Gasteiger partial charge in [-0.25, -0.2) is 0 Å². The summed E-state index contributed by atoms with van der Waals surface area (Å²) in [6.07, 6.45) is 0.314. The molecule has 0 aliphatic carbocycles. The van der Waals surface area contributed by atoms with Gasteiger partial charge in [-0.15, -0.1) is 11.8 Å². The van der Waals surface area contributed by atoms with Gasteiger partial charge in [0.2, 0.25) is 5.91 Å². The van der Waals surface area contributed by atoms with Crippen LogP contribution in [0.15, 0.2) is 0 Å². The van der Waals surface area contributed by atoms with E-state index in [1.165, 1.54) is 11.8 Å². The van der Waals surface area contributed by atoms with Gasteiger partial charge in [-0.05, 0) is 0 Å². The molecule has 2 N–H and O–H groups in total. The predicted octanol–water partition coefficient (Wildman–Crippen LogP) is -0.274. The zero-order valence-electron chi connectivity index (χ0n) is 9.52. The van der Waals surface area contributed by atoms with Gasteiger partial charge < -0.3 is 19.9 Å². The molecule has 1 fully saturated rings. The van der Waals surface area contributed by atoms with Crippen LogP contribution in [0.2, 0.25) is 0 Å². The van der Waals surface area contributed by atoms with Gasteiger partial charge in [-0.3, -0.25) is 9.59 Å². The van der Waals surface area contributed by atoms with Crippen molar-refractivity contribution in [2.24, 2.45) is 0 Å². The first kappa shape index (κ1) is 14.3. The second-order valence-corrected chi connectivity index (χ2v) is 4.80. The molecule has 17 heavy (non-hydrogen) atoms. The van der Waals surface area contributed by atoms with E-state index in [9.17, 15) is 9.59 Å². The van der Waals surface area contributed by atoms with E-state index in [0.717, 1.165) is 0 Å². The van der Waals surface area contributed by atoms with Crippen LogP contribution in [0.5, 0.6) is 0 Å². The van der Waals surface area contributed by atoms with E-state index >= 15 is 0 Å². The van der Waals surface area contributed by atoms with Crippen LogP contribution in [0.1, 0.15) is 6.42 Å². The van der Waals surface area contributed by atoms with Crippen LogP contribution in [0.4, 0.5) is 0 Å². The SMILES string of the molecule is O=C1CCSC(C(=O)O)COCCOCCN1. The summed E-state index contributed by atoms with van der Waals surface area (Å²) in [6, 6.07) is 0. The van der Waals surface area contributed by atoms with E-state index < -0.39 is 11.2 Å². The fourth-order valence-corrected chi connectivity index (χ4v) is 2.17. The van der Waals surface area contributed by atoms with Crippen LogP contribution >= 0.6 is 11.8 Å². The minimum atomic E-state index is -0.911. The molecule has 1 atom stereocenters. The number of carboxylic acid groups (broad SMARTS) is 1. The average Bonchev–Trinajstić information content (AvgIpc) is 2.30. The highest BCUT2D eigenvalue weighted by Gasteiger charge is 2.18. The Balaban J connectivity index is 2.40. The highest BCUT2D eigenvalue weighted by atomic mass is 32.2. The van der Waals surface area contributed by atoms with Crippen molar-refractivity contribution in [3.63, 3.8) is 0 Å². The lowest BCUT2D eigenvalue weighted by Crippen LogP contribution is -2.28. The summed E-state index contributed by atoms with van der Waals surface area (Å²) < 4.78 is 10.4. The molecule has 1 amide bonds. The lowest BCUT2D eigenvalue weighted by molar-refractivity contribution is -0.137. The molecule has 0 spiro atoms. The summed E-state index contributed by atoms with van der Waals surface area (Å²) in [5.74, 6) is -0.510. The number of carbonyl (C=O) groups excluding carboxylic acids is 1. The largest absolute Gasteiger partial charge is 0.480 e. The molecule has 1 rings (SSSR count). The number of thioether (sulfide) groups is 1. The Morgan fingerprint density at radius 3 is 2.88 bits per heavy atom. The van der Waals surface area contributed by atoms with Crippen molar-refractivity contribution >= 4 is 23.6 Å². The predicted molar refractivity (Wildman–Crippen MR) is 63.1 cm³/mol. The van der Waals surface area contributed by atoms with E-state index in [-0.39, 0.29) is 12.5 Å². The van der Waals surface area contributed by atoms with Gasteiger partial charge in [-0.1, -0.05) is 0 Å². The molecule has 0 aromatic carbocycles. The van der Waals surface area contributed by atoms with Crippen LogP contribution in [0.25, 0.3) is 0 Å². The number of hydrogen-bond acceptors (Lipinski definition) is 5. The molecule has 98 valence electrons. The van der Waals surface area contributed by atoms with Gasteiger partial charge in [0.05, 0.1) is 26.4 Å². The third kappa shape index (κ3) is 6.50. The highest BCUT2D eigenvalue weighted by Crippen LogP contribution is 2.13. The molecule has 0 radical (unpaired) electrons. The number of carboxylic acids is 1. The molecule has 7 heteroatoms. The fraction of sp³-hybridized carbons (Fsp3) is 0.800. The van der Waals surface area contributed by atoms with Crippen molar-refractivity contribution in [3.8, 4) is 0 Å². The topological polar surface area (TPSA) is 84.9 Å². The zero-order valence-corrected chi connectivity index (χ0v) is 10.3. The Morgan fingerprint density at radius 1 is 1.35 bits per heavy atom. The third-order valence-corrected chi connectivity index (χ3v) is 3.31. The Morgan fingerprint density at radius 2 is 2.12 bits per heavy atom. The van der Waals surface area contributed by atoms with Crippen molar-refractivity contribution < 1.29 is 24.2 Å². The molecule has 1 heterocycles. The molecule has 6 nitrogen and oxygen atoms in total. The van der Waals surface area contributed by atoms with Crippen LogP contribution in [-0.2, 0) is 19.1 Å². The number of ether oxygens (including phenoxy) is 2. The quantitative estimate of drug-likeness (QED) is 0.677. The van der Waals surface area contributed by atoms with Gasteiger partial charge in [0, 0.05) is 18.7 Å². The van der Waals surface area contributed by atoms with Crippen molar-refractivity contribution in [1.82, 2.24) is 5.32 Å². The minimum absolute atomic E-state index is 0.0783. The number of aliphatic carboxylic acids is 1. The van der Waals surface area contributed by atoms with Crippen LogP contribution in [-0.4, -0.2) is 61.0 Å². The fourth-order valence-electron chi connectivity index (χ4n) is 1.25. The monoisotopic (exact) mass is 263 g/mol. The zero-order chi connectivity index (χ0) is 12.5. The number of amides is 1. The lowest BCUT2D eigenvalue weighted by atomic mass is 10.4. The van der Waals surface area contributed by atoms with E-state index in [0.29, 0.717) is 38.5 Å². The third-order valence-electron chi connectivity index (χ3n) is 2.13. The standard InChI is InChI=1S/C10H17NO5S/c12-9-1-6-17-8(10(13)14)7-16-5-4-15-3-2-11-9/h8H,1-7H2,(H,11,12)(H,13,14). The first-order valence-corrected chi connectivity index (χ1v) is 6.51. The van der Waals surface area contributed by atoms with Gasteiger partial charge in [0.1, 0.15) is 5.25 Å². The number of hydrogen-bond donors (Lipinski definition) is 2. The van der Waals surface area contributed by atoms with Crippen molar-refractivity contribution in [1.29, 1.82) is 0 Å². The smallest absolute Gasteiger partial charge is 0.319 e. The number of nitrogens with one attached hydrogen (secondary N) is 1. The summed E-state index contributed by atoms with van der Waals surface area (Å²) in [6.45, 7) is 1.85. The van der Waals surface area contributed by atoms with Crippen molar-refractivity contribution in [3.05, 3.63) is 0 Å². The van der Waals surface area contributed by atoms with Gasteiger partial charge in [0.15, 0.2) is 0 Å².